The van der Waals surface area contributed by atoms with Crippen LogP contribution >= 0.6 is 0 Å². The fourth-order valence-electron chi connectivity index (χ4n) is 9.00. The van der Waals surface area contributed by atoms with Crippen LogP contribution < -0.4 is 0 Å². The molecule has 206 valence electrons. The number of aromatic nitrogens is 2. The van der Waals surface area contributed by atoms with Crippen molar-refractivity contribution >= 4 is 29.0 Å². The molecule has 0 spiro atoms. The Bertz CT molecular complexity index is 1560. The van der Waals surface area contributed by atoms with Crippen molar-refractivity contribution in [2.24, 2.45) is 28.6 Å². The van der Waals surface area contributed by atoms with Crippen molar-refractivity contribution in [3.8, 4) is 0 Å². The maximum absolute atomic E-state index is 12.8. The van der Waals surface area contributed by atoms with Crippen molar-refractivity contribution in [1.29, 1.82) is 0 Å². The summed E-state index contributed by atoms with van der Waals surface area (Å²) in [7, 11) is 0. The van der Waals surface area contributed by atoms with Crippen LogP contribution in [0.25, 0.3) is 16.7 Å². The van der Waals surface area contributed by atoms with E-state index in [0.29, 0.717) is 23.3 Å². The molecule has 0 amide bonds. The molecule has 40 heavy (non-hydrogen) atoms. The summed E-state index contributed by atoms with van der Waals surface area (Å²) in [5.74, 6) is 1.36. The summed E-state index contributed by atoms with van der Waals surface area (Å²) in [4.78, 5) is 30.0. The first kappa shape index (κ1) is 25.5. The van der Waals surface area contributed by atoms with Gasteiger partial charge in [0.05, 0.1) is 16.6 Å². The van der Waals surface area contributed by atoms with Gasteiger partial charge in [-0.15, -0.1) is 0 Å². The number of allylic oxidation sites excluding steroid dienone is 3. The number of imidazole rings is 1. The molecule has 2 saturated carbocycles. The Labute approximate surface area is 236 Å². The minimum absolute atomic E-state index is 0.0522. The Kier molecular flexibility index (Phi) is 5.92. The van der Waals surface area contributed by atoms with Gasteiger partial charge in [-0.25, -0.2) is 9.78 Å². The van der Waals surface area contributed by atoms with E-state index in [4.69, 9.17) is 4.74 Å². The van der Waals surface area contributed by atoms with E-state index in [1.165, 1.54) is 11.3 Å². The Hall–Kier alpha value is -3.47. The molecule has 4 aliphatic rings. The normalized spacial score (nSPS) is 33.1. The summed E-state index contributed by atoms with van der Waals surface area (Å²) in [5, 5.41) is 0. The predicted octanol–water partition coefficient (Wildman–Crippen LogP) is 7.55. The summed E-state index contributed by atoms with van der Waals surface area (Å²) in [6.07, 6.45) is 12.3. The zero-order valence-electron chi connectivity index (χ0n) is 23.7. The molecule has 5 nitrogen and oxygen atoms in total. The molecule has 0 radical (unpaired) electrons. The lowest BCUT2D eigenvalue weighted by molar-refractivity contribution is -0.105. The lowest BCUT2D eigenvalue weighted by Crippen LogP contribution is -2.50. The van der Waals surface area contributed by atoms with E-state index in [0.717, 1.165) is 73.4 Å². The van der Waals surface area contributed by atoms with Gasteiger partial charge in [0, 0.05) is 23.1 Å². The number of carbonyl (C=O) groups excluding carboxylic acids is 2. The van der Waals surface area contributed by atoms with Gasteiger partial charge in [-0.1, -0.05) is 55.3 Å². The maximum Gasteiger partial charge on any atom is 0.338 e. The Balaban J connectivity index is 1.14. The number of hydrogen-bond donors (Lipinski definition) is 0. The number of aryl methyl sites for hydroxylation is 1. The van der Waals surface area contributed by atoms with E-state index < -0.39 is 0 Å². The van der Waals surface area contributed by atoms with Gasteiger partial charge in [0.2, 0.25) is 0 Å². The second kappa shape index (κ2) is 9.29. The van der Waals surface area contributed by atoms with E-state index in [-0.39, 0.29) is 22.9 Å². The molecule has 0 bridgehead atoms. The molecule has 0 aliphatic heterocycles. The second-order valence-electron chi connectivity index (χ2n) is 13.2. The maximum atomic E-state index is 12.8. The van der Waals surface area contributed by atoms with Crippen molar-refractivity contribution in [2.45, 2.75) is 71.8 Å². The van der Waals surface area contributed by atoms with E-state index in [1.807, 2.05) is 49.6 Å². The molecular weight excluding hydrogens is 496 g/mol. The molecule has 0 unspecified atom stereocenters. The Morgan fingerprint density at radius 3 is 2.58 bits per heavy atom. The van der Waals surface area contributed by atoms with Gasteiger partial charge in [0.1, 0.15) is 18.7 Å². The van der Waals surface area contributed by atoms with Gasteiger partial charge in [-0.2, -0.15) is 0 Å². The second-order valence-corrected chi connectivity index (χ2v) is 13.2. The smallest absolute Gasteiger partial charge is 0.338 e. The fraction of sp³-hybridized carbons (Fsp3) is 0.457. The summed E-state index contributed by atoms with van der Waals surface area (Å²) in [5.41, 5.74) is 7.49. The number of aldehydes is 1. The highest BCUT2D eigenvalue weighted by Gasteiger charge is 2.58. The number of esters is 1. The number of fused-ring (bicyclic) bond motifs is 6. The Morgan fingerprint density at radius 2 is 1.77 bits per heavy atom. The van der Waals surface area contributed by atoms with E-state index in [9.17, 15) is 9.59 Å². The highest BCUT2D eigenvalue weighted by Crippen LogP contribution is 2.66. The highest BCUT2D eigenvalue weighted by molar-refractivity contribution is 5.90. The topological polar surface area (TPSA) is 61.2 Å². The molecule has 2 aromatic carbocycles. The lowest BCUT2D eigenvalue weighted by Gasteiger charge is -2.57. The standard InChI is InChI=1S/C35H38N2O3/c1-22-8-10-23(11-9-22)33(39)40-26-14-16-34(2)25(19-26)12-13-27-28(34)15-17-35(3)29(27)18-24(20-38)32(35)37-21-36-30-6-4-5-7-31(30)37/h4-12,20-21,26-29H,13-19H2,1-3H3/t26-,27+,28-,29-,34-,35-/m0/s1. The molecule has 3 aromatic rings. The van der Waals surface area contributed by atoms with Crippen LogP contribution in [-0.4, -0.2) is 27.9 Å². The van der Waals surface area contributed by atoms with E-state index >= 15 is 0 Å². The summed E-state index contributed by atoms with van der Waals surface area (Å²) in [6, 6.07) is 15.9. The fourth-order valence-corrected chi connectivity index (χ4v) is 9.00. The van der Waals surface area contributed by atoms with Crippen LogP contribution in [0.4, 0.5) is 0 Å². The molecule has 1 heterocycles. The first-order valence-corrected chi connectivity index (χ1v) is 14.9. The number of ether oxygens (including phenoxy) is 1. The van der Waals surface area contributed by atoms with E-state index in [1.54, 1.807) is 0 Å². The molecule has 4 aliphatic carbocycles. The molecule has 2 fully saturated rings. The van der Waals surface area contributed by atoms with Crippen molar-refractivity contribution in [3.63, 3.8) is 0 Å². The number of carbonyl (C=O) groups is 2. The minimum Gasteiger partial charge on any atom is -0.458 e. The van der Waals surface area contributed by atoms with Gasteiger partial charge in [-0.05, 0) is 92.9 Å². The molecule has 0 saturated heterocycles. The van der Waals surface area contributed by atoms with Gasteiger partial charge in [-0.3, -0.25) is 4.79 Å². The van der Waals surface area contributed by atoms with Gasteiger partial charge in [0.25, 0.3) is 0 Å². The summed E-state index contributed by atoms with van der Waals surface area (Å²) >= 11 is 0. The van der Waals surface area contributed by atoms with Crippen LogP contribution in [0.3, 0.4) is 0 Å². The Morgan fingerprint density at radius 1 is 1.00 bits per heavy atom. The highest BCUT2D eigenvalue weighted by atomic mass is 16.5. The quantitative estimate of drug-likeness (QED) is 0.197. The number of nitrogens with zero attached hydrogens (tertiary/aromatic N) is 2. The summed E-state index contributed by atoms with van der Waals surface area (Å²) in [6.45, 7) is 6.89. The third kappa shape index (κ3) is 3.77. The zero-order chi connectivity index (χ0) is 27.6. The third-order valence-electron chi connectivity index (χ3n) is 11.1. The first-order chi connectivity index (χ1) is 19.3. The zero-order valence-corrected chi connectivity index (χ0v) is 23.7. The third-order valence-corrected chi connectivity index (χ3v) is 11.1. The molecule has 5 heteroatoms. The first-order valence-electron chi connectivity index (χ1n) is 14.9. The van der Waals surface area contributed by atoms with Gasteiger partial charge < -0.3 is 9.30 Å². The average molecular weight is 535 g/mol. The van der Waals surface area contributed by atoms with Gasteiger partial charge in [0.15, 0.2) is 0 Å². The number of hydrogen-bond acceptors (Lipinski definition) is 4. The number of para-hydroxylation sites is 2. The molecule has 6 atom stereocenters. The van der Waals surface area contributed by atoms with Crippen LogP contribution in [0, 0.1) is 35.5 Å². The largest absolute Gasteiger partial charge is 0.458 e. The van der Waals surface area contributed by atoms with E-state index in [2.05, 4.69) is 41.6 Å². The molecule has 0 N–H and O–H groups in total. The monoisotopic (exact) mass is 534 g/mol. The van der Waals surface area contributed by atoms with Crippen LogP contribution in [0.2, 0.25) is 0 Å². The van der Waals surface area contributed by atoms with Crippen LogP contribution in [0.5, 0.6) is 0 Å². The van der Waals surface area contributed by atoms with Crippen molar-refractivity contribution in [1.82, 2.24) is 9.55 Å². The molecule has 7 rings (SSSR count). The lowest BCUT2D eigenvalue weighted by atomic mass is 9.47. The minimum atomic E-state index is -0.214. The molecular formula is C35H38N2O3. The average Bonchev–Trinajstić information content (AvgIpc) is 3.51. The summed E-state index contributed by atoms with van der Waals surface area (Å²) < 4.78 is 8.23. The molecule has 1 aromatic heterocycles. The van der Waals surface area contributed by atoms with Crippen LogP contribution in [0.1, 0.15) is 74.7 Å². The van der Waals surface area contributed by atoms with Crippen LogP contribution in [-0.2, 0) is 9.53 Å². The van der Waals surface area contributed by atoms with Crippen molar-refractivity contribution in [2.75, 3.05) is 0 Å². The predicted molar refractivity (Wildman–Crippen MR) is 156 cm³/mol. The number of benzene rings is 2. The van der Waals surface area contributed by atoms with Gasteiger partial charge >= 0.3 is 5.97 Å². The number of rotatable bonds is 4. The SMILES string of the molecule is Cc1ccc(C(=O)O[C@H]2CC[C@@]3(C)C(=CC[C@@H]4[C@@H]3CC[C@]3(C)C(n5cnc6ccccc65)=C(C=O)C[C@@H]43)C2)cc1. The van der Waals surface area contributed by atoms with Crippen molar-refractivity contribution < 1.29 is 14.3 Å². The van der Waals surface area contributed by atoms with Crippen molar-refractivity contribution in [3.05, 3.63) is 83.2 Å². The van der Waals surface area contributed by atoms with Crippen LogP contribution in [0.15, 0.2) is 72.1 Å².